The summed E-state index contributed by atoms with van der Waals surface area (Å²) in [6, 6.07) is 9.70. The SMILES string of the molecule is Cc1ccc(NC(=O)c2ccc3c(c2)NC(=O)CCS3)cc1F. The molecular formula is C17H15FN2O2S. The van der Waals surface area contributed by atoms with Crippen LogP contribution in [0.4, 0.5) is 15.8 Å². The molecule has 0 saturated carbocycles. The van der Waals surface area contributed by atoms with Gasteiger partial charge in [0, 0.05) is 28.3 Å². The number of hydrogen-bond acceptors (Lipinski definition) is 3. The Morgan fingerprint density at radius 3 is 2.87 bits per heavy atom. The van der Waals surface area contributed by atoms with Gasteiger partial charge in [0.15, 0.2) is 0 Å². The fourth-order valence-electron chi connectivity index (χ4n) is 2.24. The molecule has 0 spiro atoms. The highest BCUT2D eigenvalue weighted by atomic mass is 32.2. The summed E-state index contributed by atoms with van der Waals surface area (Å²) in [6.07, 6.45) is 0.448. The van der Waals surface area contributed by atoms with Crippen molar-refractivity contribution in [3.05, 3.63) is 53.3 Å². The maximum atomic E-state index is 13.5. The molecule has 1 aliphatic heterocycles. The lowest BCUT2D eigenvalue weighted by atomic mass is 10.1. The summed E-state index contributed by atoms with van der Waals surface area (Å²) in [5.41, 5.74) is 1.96. The first kappa shape index (κ1) is 15.6. The van der Waals surface area contributed by atoms with Crippen molar-refractivity contribution in [2.75, 3.05) is 16.4 Å². The molecular weight excluding hydrogens is 315 g/mol. The second kappa shape index (κ2) is 6.42. The molecule has 0 aromatic heterocycles. The molecule has 3 rings (SSSR count). The number of amides is 2. The van der Waals surface area contributed by atoms with Gasteiger partial charge in [-0.1, -0.05) is 6.07 Å². The van der Waals surface area contributed by atoms with Gasteiger partial charge in [0.05, 0.1) is 5.69 Å². The minimum Gasteiger partial charge on any atom is -0.325 e. The van der Waals surface area contributed by atoms with Crippen LogP contribution in [0.2, 0.25) is 0 Å². The smallest absolute Gasteiger partial charge is 0.255 e. The monoisotopic (exact) mass is 330 g/mol. The summed E-state index contributed by atoms with van der Waals surface area (Å²) in [4.78, 5) is 24.9. The molecule has 2 N–H and O–H groups in total. The number of nitrogens with one attached hydrogen (secondary N) is 2. The number of hydrogen-bond donors (Lipinski definition) is 2. The average Bonchev–Trinajstić information content (AvgIpc) is 2.70. The van der Waals surface area contributed by atoms with Crippen LogP contribution >= 0.6 is 11.8 Å². The molecule has 0 fully saturated rings. The molecule has 23 heavy (non-hydrogen) atoms. The predicted octanol–water partition coefficient (Wildman–Crippen LogP) is 3.82. The van der Waals surface area contributed by atoms with Crippen molar-refractivity contribution >= 4 is 35.0 Å². The Hall–Kier alpha value is -2.34. The first-order valence-corrected chi connectivity index (χ1v) is 8.16. The van der Waals surface area contributed by atoms with Gasteiger partial charge in [-0.15, -0.1) is 11.8 Å². The van der Waals surface area contributed by atoms with Crippen LogP contribution in [0.1, 0.15) is 22.3 Å². The van der Waals surface area contributed by atoms with Crippen molar-refractivity contribution in [1.82, 2.24) is 0 Å². The van der Waals surface area contributed by atoms with Gasteiger partial charge in [0.25, 0.3) is 5.91 Å². The van der Waals surface area contributed by atoms with Crippen molar-refractivity contribution in [1.29, 1.82) is 0 Å². The Labute approximate surface area is 137 Å². The molecule has 0 bridgehead atoms. The van der Waals surface area contributed by atoms with E-state index in [0.29, 0.717) is 34.7 Å². The third-order valence-electron chi connectivity index (χ3n) is 3.53. The van der Waals surface area contributed by atoms with E-state index in [-0.39, 0.29) is 17.6 Å². The van der Waals surface area contributed by atoms with Crippen LogP contribution in [-0.2, 0) is 4.79 Å². The highest BCUT2D eigenvalue weighted by Gasteiger charge is 2.16. The molecule has 6 heteroatoms. The van der Waals surface area contributed by atoms with Gasteiger partial charge in [0.2, 0.25) is 5.91 Å². The van der Waals surface area contributed by atoms with E-state index in [9.17, 15) is 14.0 Å². The van der Waals surface area contributed by atoms with Gasteiger partial charge in [0.1, 0.15) is 5.82 Å². The van der Waals surface area contributed by atoms with Crippen molar-refractivity contribution in [2.45, 2.75) is 18.2 Å². The zero-order valence-electron chi connectivity index (χ0n) is 12.5. The normalized spacial score (nSPS) is 13.7. The Morgan fingerprint density at radius 1 is 1.26 bits per heavy atom. The van der Waals surface area contributed by atoms with Crippen LogP contribution in [0, 0.1) is 12.7 Å². The molecule has 4 nitrogen and oxygen atoms in total. The summed E-state index contributed by atoms with van der Waals surface area (Å²) in [7, 11) is 0. The summed E-state index contributed by atoms with van der Waals surface area (Å²) < 4.78 is 13.5. The first-order chi connectivity index (χ1) is 11.0. The molecule has 0 unspecified atom stereocenters. The Morgan fingerprint density at radius 2 is 2.09 bits per heavy atom. The zero-order chi connectivity index (χ0) is 16.4. The second-order valence-electron chi connectivity index (χ2n) is 5.28. The van der Waals surface area contributed by atoms with Crippen LogP contribution < -0.4 is 10.6 Å². The maximum absolute atomic E-state index is 13.5. The van der Waals surface area contributed by atoms with Crippen LogP contribution in [0.5, 0.6) is 0 Å². The molecule has 1 heterocycles. The largest absolute Gasteiger partial charge is 0.325 e. The van der Waals surface area contributed by atoms with Crippen LogP contribution in [0.25, 0.3) is 0 Å². The number of aryl methyl sites for hydroxylation is 1. The van der Waals surface area contributed by atoms with E-state index in [0.717, 1.165) is 4.90 Å². The van der Waals surface area contributed by atoms with E-state index >= 15 is 0 Å². The maximum Gasteiger partial charge on any atom is 0.255 e. The lowest BCUT2D eigenvalue weighted by Gasteiger charge is -2.10. The van der Waals surface area contributed by atoms with Crippen molar-refractivity contribution in [2.24, 2.45) is 0 Å². The number of carbonyl (C=O) groups is 2. The fraction of sp³-hybridized carbons (Fsp3) is 0.176. The van der Waals surface area contributed by atoms with E-state index in [1.54, 1.807) is 43.0 Å². The van der Waals surface area contributed by atoms with Gasteiger partial charge in [-0.2, -0.15) is 0 Å². The topological polar surface area (TPSA) is 58.2 Å². The Kier molecular flexibility index (Phi) is 4.34. The van der Waals surface area contributed by atoms with Crippen molar-refractivity contribution in [3.63, 3.8) is 0 Å². The van der Waals surface area contributed by atoms with Crippen LogP contribution in [-0.4, -0.2) is 17.6 Å². The number of anilines is 2. The van der Waals surface area contributed by atoms with Crippen LogP contribution in [0.15, 0.2) is 41.3 Å². The highest BCUT2D eigenvalue weighted by Crippen LogP contribution is 2.31. The number of fused-ring (bicyclic) bond motifs is 1. The third-order valence-corrected chi connectivity index (χ3v) is 4.61. The quantitative estimate of drug-likeness (QED) is 0.880. The van der Waals surface area contributed by atoms with Gasteiger partial charge in [-0.05, 0) is 42.8 Å². The highest BCUT2D eigenvalue weighted by molar-refractivity contribution is 7.99. The lowest BCUT2D eigenvalue weighted by Crippen LogP contribution is -2.14. The average molecular weight is 330 g/mol. The number of halogens is 1. The molecule has 2 aromatic rings. The molecule has 0 aliphatic carbocycles. The fourth-order valence-corrected chi connectivity index (χ4v) is 3.17. The van der Waals surface area contributed by atoms with Crippen molar-refractivity contribution < 1.29 is 14.0 Å². The van der Waals surface area contributed by atoms with E-state index in [4.69, 9.17) is 0 Å². The first-order valence-electron chi connectivity index (χ1n) is 7.17. The van der Waals surface area contributed by atoms with E-state index in [2.05, 4.69) is 10.6 Å². The number of benzene rings is 2. The van der Waals surface area contributed by atoms with Crippen LogP contribution in [0.3, 0.4) is 0 Å². The number of thioether (sulfide) groups is 1. The molecule has 118 valence electrons. The minimum atomic E-state index is -0.367. The van der Waals surface area contributed by atoms with Gasteiger partial charge >= 0.3 is 0 Å². The van der Waals surface area contributed by atoms with Gasteiger partial charge < -0.3 is 10.6 Å². The summed E-state index contributed by atoms with van der Waals surface area (Å²) >= 11 is 1.58. The van der Waals surface area contributed by atoms with E-state index in [1.807, 2.05) is 6.07 Å². The summed E-state index contributed by atoms with van der Waals surface area (Å²) in [5.74, 6) is -0.0603. The molecule has 0 atom stereocenters. The molecule has 1 aliphatic rings. The second-order valence-corrected chi connectivity index (χ2v) is 6.41. The third kappa shape index (κ3) is 3.53. The Bertz CT molecular complexity index is 792. The van der Waals surface area contributed by atoms with Gasteiger partial charge in [-0.25, -0.2) is 4.39 Å². The van der Waals surface area contributed by atoms with E-state index < -0.39 is 0 Å². The van der Waals surface area contributed by atoms with Crippen molar-refractivity contribution in [3.8, 4) is 0 Å². The zero-order valence-corrected chi connectivity index (χ0v) is 13.3. The lowest BCUT2D eigenvalue weighted by molar-refractivity contribution is -0.115. The number of rotatable bonds is 2. The molecule has 0 saturated heterocycles. The Balaban J connectivity index is 1.82. The van der Waals surface area contributed by atoms with Gasteiger partial charge in [-0.3, -0.25) is 9.59 Å². The minimum absolute atomic E-state index is 0.0607. The summed E-state index contributed by atoms with van der Waals surface area (Å²) in [5, 5.41) is 5.46. The predicted molar refractivity (Wildman–Crippen MR) is 89.5 cm³/mol. The van der Waals surface area contributed by atoms with E-state index in [1.165, 1.54) is 6.07 Å². The molecule has 0 radical (unpaired) electrons. The molecule has 2 amide bonds. The summed E-state index contributed by atoms with van der Waals surface area (Å²) in [6.45, 7) is 1.66. The molecule has 2 aromatic carbocycles. The number of carbonyl (C=O) groups excluding carboxylic acids is 2. The standard InChI is InChI=1S/C17H15FN2O2S/c1-10-2-4-12(9-13(10)18)19-17(22)11-3-5-15-14(8-11)20-16(21)6-7-23-15/h2-5,8-9H,6-7H2,1H3,(H,19,22)(H,20,21).